The number of phenols is 1. The van der Waals surface area contributed by atoms with Crippen LogP contribution in [0.2, 0.25) is 0 Å². The second-order valence-corrected chi connectivity index (χ2v) is 5.67. The number of ether oxygens (including phenoxy) is 1. The molecular formula is C18H21NO2. The molecular weight excluding hydrogens is 262 g/mol. The van der Waals surface area contributed by atoms with Crippen molar-refractivity contribution in [1.82, 2.24) is 5.32 Å². The molecule has 0 amide bonds. The number of phenolic OH excluding ortho intramolecular Hbond substituents is 1. The van der Waals surface area contributed by atoms with Gasteiger partial charge in [0.1, 0.15) is 18.1 Å². The summed E-state index contributed by atoms with van der Waals surface area (Å²) in [5, 5.41) is 12.9. The number of hydrogen-bond donors (Lipinski definition) is 2. The molecule has 0 aliphatic carbocycles. The Morgan fingerprint density at radius 3 is 2.76 bits per heavy atom. The van der Waals surface area contributed by atoms with Crippen LogP contribution in [0, 0.1) is 0 Å². The molecule has 0 saturated carbocycles. The molecule has 0 radical (unpaired) electrons. The predicted octanol–water partition coefficient (Wildman–Crippen LogP) is 3.44. The van der Waals surface area contributed by atoms with E-state index < -0.39 is 0 Å². The summed E-state index contributed by atoms with van der Waals surface area (Å²) in [6, 6.07) is 16.4. The van der Waals surface area contributed by atoms with E-state index in [1.54, 1.807) is 12.1 Å². The maximum atomic E-state index is 9.29. The monoisotopic (exact) mass is 283 g/mol. The Kier molecular flexibility index (Phi) is 4.11. The lowest BCUT2D eigenvalue weighted by molar-refractivity contribution is 0.297. The smallest absolute Gasteiger partial charge is 0.124 e. The Hall–Kier alpha value is -2.00. The number of aryl methyl sites for hydroxylation is 1. The molecule has 0 aromatic heterocycles. The molecule has 1 aliphatic heterocycles. The van der Waals surface area contributed by atoms with Gasteiger partial charge in [-0.1, -0.05) is 30.3 Å². The van der Waals surface area contributed by atoms with Crippen molar-refractivity contribution in [3.8, 4) is 11.5 Å². The summed E-state index contributed by atoms with van der Waals surface area (Å²) in [7, 11) is 0. The van der Waals surface area contributed by atoms with Crippen LogP contribution < -0.4 is 10.1 Å². The molecule has 2 aromatic rings. The summed E-state index contributed by atoms with van der Waals surface area (Å²) < 4.78 is 5.70. The van der Waals surface area contributed by atoms with Gasteiger partial charge in [0.25, 0.3) is 0 Å². The van der Waals surface area contributed by atoms with Gasteiger partial charge in [0, 0.05) is 11.6 Å². The Labute approximate surface area is 125 Å². The molecule has 1 heterocycles. The number of para-hydroxylation sites is 1. The summed E-state index contributed by atoms with van der Waals surface area (Å²) in [5.74, 6) is 1.32. The second kappa shape index (κ2) is 6.19. The van der Waals surface area contributed by atoms with Crippen LogP contribution >= 0.6 is 0 Å². The first kappa shape index (κ1) is 14.0. The molecule has 0 fully saturated rings. The lowest BCUT2D eigenvalue weighted by atomic mass is 10.0. The Morgan fingerprint density at radius 2 is 1.95 bits per heavy atom. The molecule has 1 aliphatic rings. The average molecular weight is 283 g/mol. The fraction of sp³-hybridized carbons (Fsp3) is 0.333. The van der Waals surface area contributed by atoms with Crippen LogP contribution in [0.1, 0.15) is 30.5 Å². The molecule has 2 aromatic carbocycles. The Balaban J connectivity index is 1.53. The molecule has 0 bridgehead atoms. The third-order valence-corrected chi connectivity index (χ3v) is 3.99. The van der Waals surface area contributed by atoms with E-state index >= 15 is 0 Å². The first-order valence-electron chi connectivity index (χ1n) is 7.48. The molecule has 2 N–H and O–H groups in total. The van der Waals surface area contributed by atoms with Crippen LogP contribution in [0.4, 0.5) is 0 Å². The normalized spacial score (nSPS) is 18.0. The van der Waals surface area contributed by atoms with Crippen LogP contribution in [0.15, 0.2) is 48.5 Å². The zero-order valence-electron chi connectivity index (χ0n) is 12.3. The number of nitrogens with one attached hydrogen (secondary N) is 1. The quantitative estimate of drug-likeness (QED) is 0.883. The molecule has 2 unspecified atom stereocenters. The SMILES string of the molecule is CC(CCc1ccc(O)cc1)NC1COc2ccccc21. The maximum absolute atomic E-state index is 9.29. The zero-order valence-corrected chi connectivity index (χ0v) is 12.3. The first-order chi connectivity index (χ1) is 10.2. The molecule has 3 heteroatoms. The summed E-state index contributed by atoms with van der Waals surface area (Å²) >= 11 is 0. The van der Waals surface area contributed by atoms with E-state index in [1.165, 1.54) is 11.1 Å². The number of aromatic hydroxyl groups is 1. The Morgan fingerprint density at radius 1 is 1.19 bits per heavy atom. The molecule has 0 saturated heterocycles. The van der Waals surface area contributed by atoms with Gasteiger partial charge in [-0.3, -0.25) is 0 Å². The highest BCUT2D eigenvalue weighted by Crippen LogP contribution is 2.32. The third-order valence-electron chi connectivity index (χ3n) is 3.99. The lowest BCUT2D eigenvalue weighted by Crippen LogP contribution is -2.31. The van der Waals surface area contributed by atoms with Crippen molar-refractivity contribution in [3.05, 3.63) is 59.7 Å². The van der Waals surface area contributed by atoms with E-state index in [1.807, 2.05) is 24.3 Å². The van der Waals surface area contributed by atoms with E-state index in [-0.39, 0.29) is 6.04 Å². The minimum Gasteiger partial charge on any atom is -0.508 e. The fourth-order valence-electron chi connectivity index (χ4n) is 2.77. The minimum absolute atomic E-state index is 0.288. The summed E-state index contributed by atoms with van der Waals surface area (Å²) in [5.41, 5.74) is 2.51. The van der Waals surface area contributed by atoms with Gasteiger partial charge in [0.15, 0.2) is 0 Å². The number of benzene rings is 2. The van der Waals surface area contributed by atoms with E-state index in [0.717, 1.165) is 18.6 Å². The van der Waals surface area contributed by atoms with Crippen molar-refractivity contribution >= 4 is 0 Å². The largest absolute Gasteiger partial charge is 0.508 e. The molecule has 110 valence electrons. The second-order valence-electron chi connectivity index (χ2n) is 5.67. The molecule has 3 nitrogen and oxygen atoms in total. The first-order valence-corrected chi connectivity index (χ1v) is 7.48. The predicted molar refractivity (Wildman–Crippen MR) is 83.7 cm³/mol. The van der Waals surface area contributed by atoms with Crippen molar-refractivity contribution in [2.75, 3.05) is 6.61 Å². The summed E-state index contributed by atoms with van der Waals surface area (Å²) in [6.07, 6.45) is 2.06. The van der Waals surface area contributed by atoms with Gasteiger partial charge in [-0.15, -0.1) is 0 Å². The highest BCUT2D eigenvalue weighted by Gasteiger charge is 2.24. The van der Waals surface area contributed by atoms with Gasteiger partial charge < -0.3 is 15.2 Å². The van der Waals surface area contributed by atoms with E-state index in [4.69, 9.17) is 4.74 Å². The van der Waals surface area contributed by atoms with Gasteiger partial charge in [0.05, 0.1) is 6.04 Å². The standard InChI is InChI=1S/C18H21NO2/c1-13(6-7-14-8-10-15(20)11-9-14)19-17-12-21-18-5-3-2-4-16(17)18/h2-5,8-11,13,17,19-20H,6-7,12H2,1H3. The average Bonchev–Trinajstić information content (AvgIpc) is 2.90. The van der Waals surface area contributed by atoms with Gasteiger partial charge >= 0.3 is 0 Å². The number of fused-ring (bicyclic) bond motifs is 1. The lowest BCUT2D eigenvalue weighted by Gasteiger charge is -2.18. The van der Waals surface area contributed by atoms with Gasteiger partial charge in [-0.2, -0.15) is 0 Å². The zero-order chi connectivity index (χ0) is 14.7. The minimum atomic E-state index is 0.288. The third kappa shape index (κ3) is 3.37. The van der Waals surface area contributed by atoms with E-state index in [9.17, 15) is 5.11 Å². The molecule has 21 heavy (non-hydrogen) atoms. The Bertz CT molecular complexity index is 594. The van der Waals surface area contributed by atoms with Crippen LogP contribution in [0.3, 0.4) is 0 Å². The number of rotatable bonds is 5. The van der Waals surface area contributed by atoms with Crippen molar-refractivity contribution in [3.63, 3.8) is 0 Å². The summed E-state index contributed by atoms with van der Waals surface area (Å²) in [4.78, 5) is 0. The van der Waals surface area contributed by atoms with Crippen molar-refractivity contribution < 1.29 is 9.84 Å². The van der Waals surface area contributed by atoms with Crippen molar-refractivity contribution in [2.45, 2.75) is 31.8 Å². The molecule has 0 spiro atoms. The van der Waals surface area contributed by atoms with E-state index in [0.29, 0.717) is 18.4 Å². The topological polar surface area (TPSA) is 41.5 Å². The van der Waals surface area contributed by atoms with Crippen LogP contribution in [-0.2, 0) is 6.42 Å². The maximum Gasteiger partial charge on any atom is 0.124 e. The highest BCUT2D eigenvalue weighted by molar-refractivity contribution is 5.39. The molecule has 2 atom stereocenters. The van der Waals surface area contributed by atoms with Gasteiger partial charge in [0.2, 0.25) is 0 Å². The fourth-order valence-corrected chi connectivity index (χ4v) is 2.77. The van der Waals surface area contributed by atoms with Crippen molar-refractivity contribution in [2.24, 2.45) is 0 Å². The van der Waals surface area contributed by atoms with Crippen LogP contribution in [-0.4, -0.2) is 17.8 Å². The summed E-state index contributed by atoms with van der Waals surface area (Å²) in [6.45, 7) is 2.92. The van der Waals surface area contributed by atoms with Crippen molar-refractivity contribution in [1.29, 1.82) is 0 Å². The van der Waals surface area contributed by atoms with Gasteiger partial charge in [-0.05, 0) is 43.5 Å². The van der Waals surface area contributed by atoms with Gasteiger partial charge in [-0.25, -0.2) is 0 Å². The molecule has 3 rings (SSSR count). The highest BCUT2D eigenvalue weighted by atomic mass is 16.5. The van der Waals surface area contributed by atoms with E-state index in [2.05, 4.69) is 24.4 Å². The van der Waals surface area contributed by atoms with Crippen LogP contribution in [0.5, 0.6) is 11.5 Å². The van der Waals surface area contributed by atoms with Crippen LogP contribution in [0.25, 0.3) is 0 Å². The number of hydrogen-bond acceptors (Lipinski definition) is 3.